The van der Waals surface area contributed by atoms with Gasteiger partial charge in [0.2, 0.25) is 0 Å². The first kappa shape index (κ1) is 24.8. The zero-order valence-electron chi connectivity index (χ0n) is 19.9. The average molecular weight is 534 g/mol. The number of carbonyl (C=O) groups is 1. The summed E-state index contributed by atoms with van der Waals surface area (Å²) in [4.78, 5) is 30.7. The molecule has 0 radical (unpaired) electrons. The largest absolute Gasteiger partial charge is 0.378 e. The van der Waals surface area contributed by atoms with Gasteiger partial charge in [-0.2, -0.15) is 0 Å². The molecule has 1 fully saturated rings. The number of amides is 1. The molecule has 4 aromatic rings. The molecule has 1 aliphatic rings. The smallest absolute Gasteiger partial charge is 0.270 e. The summed E-state index contributed by atoms with van der Waals surface area (Å²) in [7, 11) is 0. The van der Waals surface area contributed by atoms with Crippen molar-refractivity contribution in [3.63, 3.8) is 0 Å². The Morgan fingerprint density at radius 3 is 2.65 bits per heavy atom. The quantitative estimate of drug-likeness (QED) is 0.206. The van der Waals surface area contributed by atoms with Crippen LogP contribution in [-0.2, 0) is 4.74 Å². The minimum atomic E-state index is -0.522. The lowest BCUT2D eigenvalue weighted by atomic mass is 10.1. The van der Waals surface area contributed by atoms with Gasteiger partial charge >= 0.3 is 0 Å². The number of thiocarbonyl (C=S) groups is 1. The second-order valence-electron chi connectivity index (χ2n) is 8.48. The zero-order valence-corrected chi connectivity index (χ0v) is 21.5. The lowest BCUT2D eigenvalue weighted by Gasteiger charge is -2.30. The number of anilines is 2. The van der Waals surface area contributed by atoms with E-state index in [2.05, 4.69) is 10.6 Å². The Bertz CT molecular complexity index is 1480. The maximum Gasteiger partial charge on any atom is 0.270 e. The summed E-state index contributed by atoms with van der Waals surface area (Å²) in [6, 6.07) is 18.1. The number of morpholine rings is 1. The summed E-state index contributed by atoms with van der Waals surface area (Å²) in [5.74, 6) is -0.522. The second-order valence-corrected chi connectivity index (χ2v) is 9.92. The minimum absolute atomic E-state index is 0.0975. The monoisotopic (exact) mass is 533 g/mol. The molecule has 3 aromatic carbocycles. The summed E-state index contributed by atoms with van der Waals surface area (Å²) in [5.41, 5.74) is 4.24. The highest BCUT2D eigenvalue weighted by Gasteiger charge is 2.23. The topological polar surface area (TPSA) is 110 Å². The van der Waals surface area contributed by atoms with Gasteiger partial charge in [-0.05, 0) is 61.1 Å². The highest BCUT2D eigenvalue weighted by molar-refractivity contribution is 7.80. The van der Waals surface area contributed by atoms with Crippen molar-refractivity contribution in [2.75, 3.05) is 36.5 Å². The number of thiazole rings is 1. The number of hydrogen-bond donors (Lipinski definition) is 2. The Morgan fingerprint density at radius 1 is 1.14 bits per heavy atom. The number of non-ortho nitro benzene ring substituents is 1. The van der Waals surface area contributed by atoms with Crippen molar-refractivity contribution in [1.82, 2.24) is 10.3 Å². The van der Waals surface area contributed by atoms with Crippen LogP contribution in [0.4, 0.5) is 17.1 Å². The number of nitro benzene ring substituents is 1. The van der Waals surface area contributed by atoms with Gasteiger partial charge in [0.25, 0.3) is 11.6 Å². The Morgan fingerprint density at radius 2 is 1.92 bits per heavy atom. The standard InChI is InChI=1S/C26H23N5O4S2/c1-16-14-17(25-27-21-4-2-3-5-23(21)37-25)6-8-20(16)28-26(36)29-24(32)19-15-18(31(33)34)7-9-22(19)30-10-12-35-13-11-30/h2-9,14-15H,10-13H2,1H3,(H2,28,29,32,36). The number of fused-ring (bicyclic) bond motifs is 1. The highest BCUT2D eigenvalue weighted by Crippen LogP contribution is 2.32. The summed E-state index contributed by atoms with van der Waals surface area (Å²) in [6.45, 7) is 4.15. The first-order chi connectivity index (χ1) is 17.9. The molecule has 188 valence electrons. The van der Waals surface area contributed by atoms with Gasteiger partial charge in [0, 0.05) is 36.5 Å². The van der Waals surface area contributed by atoms with Crippen LogP contribution in [-0.4, -0.2) is 47.2 Å². The highest BCUT2D eigenvalue weighted by atomic mass is 32.1. The van der Waals surface area contributed by atoms with Crippen LogP contribution in [0.2, 0.25) is 0 Å². The zero-order chi connectivity index (χ0) is 25.9. The SMILES string of the molecule is Cc1cc(-c2nc3ccccc3s2)ccc1NC(=S)NC(=O)c1cc([N+](=O)[O-])ccc1N1CCOCC1. The summed E-state index contributed by atoms with van der Waals surface area (Å²) < 4.78 is 6.52. The van der Waals surface area contributed by atoms with Crippen LogP contribution >= 0.6 is 23.6 Å². The molecule has 37 heavy (non-hydrogen) atoms. The maximum absolute atomic E-state index is 13.2. The van der Waals surface area contributed by atoms with E-state index in [1.54, 1.807) is 17.4 Å². The number of ether oxygens (including phenoxy) is 1. The third-order valence-electron chi connectivity index (χ3n) is 6.03. The van der Waals surface area contributed by atoms with Gasteiger partial charge in [0.1, 0.15) is 5.01 Å². The van der Waals surface area contributed by atoms with Crippen molar-refractivity contribution in [2.24, 2.45) is 0 Å². The van der Waals surface area contributed by atoms with Crippen molar-refractivity contribution < 1.29 is 14.5 Å². The van der Waals surface area contributed by atoms with E-state index in [4.69, 9.17) is 21.9 Å². The summed E-state index contributed by atoms with van der Waals surface area (Å²) in [5, 5.41) is 18.1. The Kier molecular flexibility index (Phi) is 7.08. The van der Waals surface area contributed by atoms with Gasteiger partial charge in [0.15, 0.2) is 5.11 Å². The fourth-order valence-electron chi connectivity index (χ4n) is 4.16. The van der Waals surface area contributed by atoms with Gasteiger partial charge in [-0.3, -0.25) is 20.2 Å². The van der Waals surface area contributed by atoms with E-state index in [0.29, 0.717) is 32.0 Å². The predicted molar refractivity (Wildman–Crippen MR) is 150 cm³/mol. The molecule has 0 bridgehead atoms. The molecule has 0 aliphatic carbocycles. The number of nitrogens with zero attached hydrogens (tertiary/aromatic N) is 3. The van der Waals surface area contributed by atoms with Crippen LogP contribution in [0.25, 0.3) is 20.8 Å². The molecule has 5 rings (SSSR count). The summed E-state index contributed by atoms with van der Waals surface area (Å²) >= 11 is 7.03. The molecule has 0 unspecified atom stereocenters. The van der Waals surface area contributed by atoms with Crippen LogP contribution in [0, 0.1) is 17.0 Å². The first-order valence-corrected chi connectivity index (χ1v) is 12.8. The van der Waals surface area contributed by atoms with E-state index in [-0.39, 0.29) is 16.4 Å². The lowest BCUT2D eigenvalue weighted by Crippen LogP contribution is -2.39. The molecular formula is C26H23N5O4S2. The number of hydrogen-bond acceptors (Lipinski definition) is 8. The lowest BCUT2D eigenvalue weighted by molar-refractivity contribution is -0.384. The molecule has 1 saturated heterocycles. The molecule has 9 nitrogen and oxygen atoms in total. The molecule has 2 N–H and O–H groups in total. The Hall–Kier alpha value is -3.93. The van der Waals surface area contributed by atoms with E-state index in [0.717, 1.165) is 32.0 Å². The van der Waals surface area contributed by atoms with Crippen LogP contribution in [0.5, 0.6) is 0 Å². The first-order valence-electron chi connectivity index (χ1n) is 11.6. The van der Waals surface area contributed by atoms with Crippen LogP contribution in [0.1, 0.15) is 15.9 Å². The number of rotatable bonds is 5. The number of aromatic nitrogens is 1. The minimum Gasteiger partial charge on any atom is -0.378 e. The van der Waals surface area contributed by atoms with Crippen molar-refractivity contribution in [2.45, 2.75) is 6.92 Å². The third kappa shape index (κ3) is 5.43. The van der Waals surface area contributed by atoms with E-state index in [1.165, 1.54) is 12.1 Å². The van der Waals surface area contributed by atoms with Crippen LogP contribution in [0.3, 0.4) is 0 Å². The molecule has 2 heterocycles. The number of para-hydroxylation sites is 1. The molecule has 1 amide bonds. The normalized spacial score (nSPS) is 13.4. The number of aryl methyl sites for hydroxylation is 1. The molecule has 0 spiro atoms. The third-order valence-corrected chi connectivity index (χ3v) is 7.32. The van der Waals surface area contributed by atoms with Crippen molar-refractivity contribution in [1.29, 1.82) is 0 Å². The van der Waals surface area contributed by atoms with Crippen molar-refractivity contribution >= 4 is 61.9 Å². The van der Waals surface area contributed by atoms with Crippen LogP contribution < -0.4 is 15.5 Å². The van der Waals surface area contributed by atoms with E-state index in [9.17, 15) is 14.9 Å². The fourth-order valence-corrected chi connectivity index (χ4v) is 5.32. The van der Waals surface area contributed by atoms with E-state index < -0.39 is 10.8 Å². The van der Waals surface area contributed by atoms with Crippen molar-refractivity contribution in [3.8, 4) is 10.6 Å². The van der Waals surface area contributed by atoms with Gasteiger partial charge in [-0.15, -0.1) is 11.3 Å². The molecule has 11 heteroatoms. The average Bonchev–Trinajstić information content (AvgIpc) is 3.34. The summed E-state index contributed by atoms with van der Waals surface area (Å²) in [6.07, 6.45) is 0. The number of benzene rings is 3. The Labute approximate surface area is 222 Å². The molecule has 0 saturated carbocycles. The number of carbonyl (C=O) groups excluding carboxylic acids is 1. The number of nitro groups is 1. The molecule has 1 aromatic heterocycles. The Balaban J connectivity index is 1.32. The van der Waals surface area contributed by atoms with Crippen molar-refractivity contribution in [3.05, 3.63) is 81.9 Å². The van der Waals surface area contributed by atoms with Gasteiger partial charge in [-0.25, -0.2) is 4.98 Å². The van der Waals surface area contributed by atoms with E-state index in [1.807, 2.05) is 54.3 Å². The fraction of sp³-hybridized carbons (Fsp3) is 0.192. The van der Waals surface area contributed by atoms with E-state index >= 15 is 0 Å². The number of nitrogens with one attached hydrogen (secondary N) is 2. The maximum atomic E-state index is 13.2. The molecule has 1 aliphatic heterocycles. The molecular weight excluding hydrogens is 510 g/mol. The van der Waals surface area contributed by atoms with Crippen LogP contribution in [0.15, 0.2) is 60.7 Å². The molecule has 0 atom stereocenters. The predicted octanol–water partition coefficient (Wildman–Crippen LogP) is 5.14. The van der Waals surface area contributed by atoms with Gasteiger partial charge in [0.05, 0.1) is 39.6 Å². The van der Waals surface area contributed by atoms with Gasteiger partial charge in [-0.1, -0.05) is 12.1 Å². The van der Waals surface area contributed by atoms with Gasteiger partial charge < -0.3 is 15.0 Å². The second kappa shape index (κ2) is 10.6.